The first kappa shape index (κ1) is 57.7. The van der Waals surface area contributed by atoms with Crippen LogP contribution in [0.2, 0.25) is 0 Å². The van der Waals surface area contributed by atoms with Gasteiger partial charge in [0.05, 0.1) is 139 Å². The molecular weight excluding hydrogens is 889 g/mol. The number of carbonyl (C=O) groups is 3. The molecule has 2 aromatic carbocycles. The van der Waals surface area contributed by atoms with Crippen LogP contribution in [-0.2, 0) is 61.6 Å². The Labute approximate surface area is 400 Å². The quantitative estimate of drug-likeness (QED) is 0.0396. The second-order valence-electron chi connectivity index (χ2n) is 15.9. The highest BCUT2D eigenvalue weighted by molar-refractivity contribution is 5.79. The lowest BCUT2D eigenvalue weighted by Crippen LogP contribution is -2.37. The van der Waals surface area contributed by atoms with Gasteiger partial charge in [-0.15, -0.1) is 0 Å². The molecule has 0 unspecified atom stereocenters. The molecule has 0 heterocycles. The minimum Gasteiger partial charge on any atom is -0.449 e. The van der Waals surface area contributed by atoms with Crippen molar-refractivity contribution in [1.29, 1.82) is 0 Å². The number of hydrogen-bond donors (Lipinski definition) is 2. The lowest BCUT2D eigenvalue weighted by molar-refractivity contribution is -0.134. The molecule has 0 saturated carbocycles. The molecule has 21 heteroatoms. The van der Waals surface area contributed by atoms with Crippen molar-refractivity contribution in [3.05, 3.63) is 70.1 Å². The summed E-state index contributed by atoms with van der Waals surface area (Å²) in [5.74, 6) is -0.0841. The third-order valence-electron chi connectivity index (χ3n) is 9.60. The standard InChI is InChI=1S/C47H74N6O15/c1-47(2,3)68-46(56)50-14-20-59-26-31-64-34-28-61-22-16-53(17-23-62-29-35-65-33-27-60-21-15-51-52-48)44(54)12-18-57-24-30-63-36-37-66-32-25-58-19-13-49-45(55)67-38-43-41-10-6-4-8-39(41)40-9-5-7-11-42(40)43/h4-11,43H,12-38H2,1-3H3,(H,49,55)(H,50,56). The van der Waals surface area contributed by atoms with Gasteiger partial charge in [0.15, 0.2) is 0 Å². The first-order valence-electron chi connectivity index (χ1n) is 23.3. The summed E-state index contributed by atoms with van der Waals surface area (Å²) >= 11 is 0. The van der Waals surface area contributed by atoms with Gasteiger partial charge < -0.3 is 72.4 Å². The van der Waals surface area contributed by atoms with Crippen molar-refractivity contribution >= 4 is 18.1 Å². The number of azide groups is 1. The van der Waals surface area contributed by atoms with Crippen LogP contribution in [-0.4, -0.2) is 200 Å². The number of nitrogens with zero attached hydrogens (tertiary/aromatic N) is 4. The Kier molecular flexibility index (Phi) is 31.6. The molecule has 21 nitrogen and oxygen atoms in total. The number of alkyl carbamates (subject to hydrolysis) is 2. The number of hydrogen-bond acceptors (Lipinski definition) is 16. The molecule has 2 N–H and O–H groups in total. The molecule has 0 bridgehead atoms. The van der Waals surface area contributed by atoms with Crippen LogP contribution in [0.15, 0.2) is 53.6 Å². The van der Waals surface area contributed by atoms with Crippen LogP contribution in [0.1, 0.15) is 44.2 Å². The second-order valence-corrected chi connectivity index (χ2v) is 15.9. The Morgan fingerprint density at radius 3 is 1.41 bits per heavy atom. The zero-order valence-corrected chi connectivity index (χ0v) is 40.2. The maximum atomic E-state index is 13.1. The van der Waals surface area contributed by atoms with Gasteiger partial charge in [-0.1, -0.05) is 53.6 Å². The van der Waals surface area contributed by atoms with Crippen molar-refractivity contribution in [2.24, 2.45) is 5.11 Å². The molecule has 0 aliphatic heterocycles. The summed E-state index contributed by atoms with van der Waals surface area (Å²) in [4.78, 5) is 41.4. The van der Waals surface area contributed by atoms with Gasteiger partial charge in [-0.2, -0.15) is 0 Å². The van der Waals surface area contributed by atoms with Crippen molar-refractivity contribution in [2.75, 3.05) is 171 Å². The van der Waals surface area contributed by atoms with Gasteiger partial charge in [-0.3, -0.25) is 4.79 Å². The summed E-state index contributed by atoms with van der Waals surface area (Å²) in [6.45, 7) is 14.3. The van der Waals surface area contributed by atoms with Crippen LogP contribution in [0.25, 0.3) is 21.6 Å². The zero-order valence-electron chi connectivity index (χ0n) is 40.2. The Bertz CT molecular complexity index is 1670. The monoisotopic (exact) mass is 963 g/mol. The third kappa shape index (κ3) is 27.4. The number of benzene rings is 2. The molecule has 382 valence electrons. The van der Waals surface area contributed by atoms with E-state index >= 15 is 0 Å². The van der Waals surface area contributed by atoms with E-state index in [2.05, 4.69) is 44.9 Å². The van der Waals surface area contributed by atoms with Crippen LogP contribution in [0, 0.1) is 0 Å². The number of nitrogens with one attached hydrogen (secondary N) is 2. The first-order chi connectivity index (χ1) is 33.2. The van der Waals surface area contributed by atoms with E-state index in [0.29, 0.717) is 152 Å². The number of carbonyl (C=O) groups excluding carboxylic acids is 3. The van der Waals surface area contributed by atoms with Crippen LogP contribution in [0.3, 0.4) is 0 Å². The maximum Gasteiger partial charge on any atom is 0.407 e. The molecule has 0 radical (unpaired) electrons. The van der Waals surface area contributed by atoms with Gasteiger partial charge in [0.25, 0.3) is 0 Å². The van der Waals surface area contributed by atoms with Gasteiger partial charge in [-0.25, -0.2) is 9.59 Å². The molecular formula is C47H74N6O15. The average molecular weight is 963 g/mol. The van der Waals surface area contributed by atoms with Crippen molar-refractivity contribution in [1.82, 2.24) is 15.5 Å². The van der Waals surface area contributed by atoms with Crippen molar-refractivity contribution < 1.29 is 71.2 Å². The summed E-state index contributed by atoms with van der Waals surface area (Å²) in [6.07, 6.45) is -0.784. The van der Waals surface area contributed by atoms with E-state index in [4.69, 9.17) is 62.4 Å². The van der Waals surface area contributed by atoms with Gasteiger partial charge in [-0.05, 0) is 48.6 Å². The fraction of sp³-hybridized carbons (Fsp3) is 0.681. The van der Waals surface area contributed by atoms with E-state index in [0.717, 1.165) is 0 Å². The molecule has 0 fully saturated rings. The van der Waals surface area contributed by atoms with Gasteiger partial charge in [0.1, 0.15) is 12.2 Å². The highest BCUT2D eigenvalue weighted by atomic mass is 16.6. The predicted molar refractivity (Wildman–Crippen MR) is 251 cm³/mol. The molecule has 0 saturated heterocycles. The zero-order chi connectivity index (χ0) is 48.8. The molecule has 0 aromatic heterocycles. The van der Waals surface area contributed by atoms with Crippen LogP contribution in [0.4, 0.5) is 9.59 Å². The topological polar surface area (TPSA) is 238 Å². The average Bonchev–Trinajstić information content (AvgIpc) is 3.64. The van der Waals surface area contributed by atoms with E-state index in [1.807, 2.05) is 24.3 Å². The fourth-order valence-electron chi connectivity index (χ4n) is 6.44. The van der Waals surface area contributed by atoms with Crippen LogP contribution in [0.5, 0.6) is 0 Å². The van der Waals surface area contributed by atoms with Gasteiger partial charge in [0.2, 0.25) is 5.91 Å². The van der Waals surface area contributed by atoms with Crippen molar-refractivity contribution in [3.8, 4) is 11.1 Å². The smallest absolute Gasteiger partial charge is 0.407 e. The van der Waals surface area contributed by atoms with Crippen molar-refractivity contribution in [2.45, 2.75) is 38.7 Å². The van der Waals surface area contributed by atoms with Crippen LogP contribution >= 0.6 is 0 Å². The third-order valence-corrected chi connectivity index (χ3v) is 9.60. The molecule has 3 rings (SSSR count). The largest absolute Gasteiger partial charge is 0.449 e. The Morgan fingerprint density at radius 1 is 0.559 bits per heavy atom. The number of amides is 3. The number of rotatable bonds is 41. The molecule has 0 spiro atoms. The van der Waals surface area contributed by atoms with Crippen LogP contribution < -0.4 is 10.6 Å². The molecule has 1 aliphatic carbocycles. The number of ether oxygens (including phenoxy) is 12. The summed E-state index contributed by atoms with van der Waals surface area (Å²) in [7, 11) is 0. The maximum absolute atomic E-state index is 13.1. The summed E-state index contributed by atoms with van der Waals surface area (Å²) in [6, 6.07) is 16.4. The minimum absolute atomic E-state index is 0.00804. The normalized spacial score (nSPS) is 12.0. The molecule has 3 amide bonds. The molecule has 2 aromatic rings. The molecule has 68 heavy (non-hydrogen) atoms. The van der Waals surface area contributed by atoms with Crippen molar-refractivity contribution in [3.63, 3.8) is 0 Å². The Morgan fingerprint density at radius 2 is 0.956 bits per heavy atom. The Hall–Kier alpha value is -4.64. The van der Waals surface area contributed by atoms with E-state index in [1.165, 1.54) is 22.3 Å². The highest BCUT2D eigenvalue weighted by Gasteiger charge is 2.29. The fourth-order valence-corrected chi connectivity index (χ4v) is 6.44. The second kappa shape index (κ2) is 37.3. The number of fused-ring (bicyclic) bond motifs is 3. The summed E-state index contributed by atoms with van der Waals surface area (Å²) in [5, 5.41) is 8.77. The summed E-state index contributed by atoms with van der Waals surface area (Å²) < 4.78 is 66.3. The SMILES string of the molecule is CC(C)(C)OC(=O)NCCOCCOCCOCCN(CCOCCOCCOCCN=[N+]=[N-])C(=O)CCOCCOCCOCCOCCNC(=O)OCC1c2ccccc2-c2ccccc21. The van der Waals surface area contributed by atoms with E-state index in [9.17, 15) is 14.4 Å². The lowest BCUT2D eigenvalue weighted by Gasteiger charge is -2.23. The van der Waals surface area contributed by atoms with Gasteiger partial charge >= 0.3 is 12.2 Å². The van der Waals surface area contributed by atoms with E-state index in [1.54, 1.807) is 25.7 Å². The first-order valence-corrected chi connectivity index (χ1v) is 23.3. The minimum atomic E-state index is -0.556. The molecule has 0 atom stereocenters. The van der Waals surface area contributed by atoms with Gasteiger partial charge in [0, 0.05) is 43.6 Å². The highest BCUT2D eigenvalue weighted by Crippen LogP contribution is 2.44. The van der Waals surface area contributed by atoms with E-state index < -0.39 is 17.8 Å². The van der Waals surface area contributed by atoms with E-state index in [-0.39, 0.29) is 38.0 Å². The molecule has 1 aliphatic rings. The summed E-state index contributed by atoms with van der Waals surface area (Å²) in [5.41, 5.74) is 12.4. The Balaban J connectivity index is 1.16. The predicted octanol–water partition coefficient (Wildman–Crippen LogP) is 4.74. The lowest BCUT2D eigenvalue weighted by atomic mass is 9.98.